The van der Waals surface area contributed by atoms with Crippen LogP contribution in [0, 0.1) is 13.8 Å². The Morgan fingerprint density at radius 3 is 2.32 bits per heavy atom. The average Bonchev–Trinajstić information content (AvgIpc) is 2.74. The molecule has 0 radical (unpaired) electrons. The highest BCUT2D eigenvalue weighted by atomic mass is 35.5. The number of hydrogen-bond acceptors (Lipinski definition) is 3. The number of hydrogen-bond donors (Lipinski definition) is 2. The van der Waals surface area contributed by atoms with Gasteiger partial charge in [-0.05, 0) is 55.7 Å². The van der Waals surface area contributed by atoms with E-state index in [1.807, 2.05) is 44.2 Å². The lowest BCUT2D eigenvalue weighted by Gasteiger charge is -2.18. The van der Waals surface area contributed by atoms with Crippen LogP contribution in [0.4, 0.5) is 5.69 Å². The molecule has 162 valence electrons. The second-order valence-electron chi connectivity index (χ2n) is 7.41. The topological polar surface area (TPSA) is 75.3 Å². The van der Waals surface area contributed by atoms with Crippen molar-refractivity contribution in [2.75, 3.05) is 4.72 Å². The number of carbonyl (C=O) groups is 1. The number of amides is 1. The minimum Gasteiger partial charge on any atom is -0.345 e. The van der Waals surface area contributed by atoms with Crippen molar-refractivity contribution in [1.29, 1.82) is 0 Å². The van der Waals surface area contributed by atoms with E-state index >= 15 is 0 Å². The third-order valence-corrected chi connectivity index (χ3v) is 6.91. The van der Waals surface area contributed by atoms with Crippen molar-refractivity contribution in [2.45, 2.75) is 38.1 Å². The van der Waals surface area contributed by atoms with Crippen molar-refractivity contribution in [3.05, 3.63) is 94.0 Å². The quantitative estimate of drug-likeness (QED) is 0.483. The maximum atomic E-state index is 13.0. The van der Waals surface area contributed by atoms with Crippen molar-refractivity contribution in [3.63, 3.8) is 0 Å². The van der Waals surface area contributed by atoms with E-state index in [1.165, 1.54) is 18.2 Å². The summed E-state index contributed by atoms with van der Waals surface area (Å²) in [7, 11) is -3.98. The Morgan fingerprint density at radius 2 is 1.68 bits per heavy atom. The SMILES string of the molecule is CC[C@H](NC(=O)c1ccc(Cl)c(S(=O)(=O)Nc2ccccc2C)c1)c1ccc(C)cc1. The fourth-order valence-electron chi connectivity index (χ4n) is 3.20. The molecule has 0 spiro atoms. The van der Waals surface area contributed by atoms with E-state index in [0.717, 1.165) is 16.7 Å². The van der Waals surface area contributed by atoms with Crippen LogP contribution in [0.3, 0.4) is 0 Å². The second-order valence-corrected chi connectivity index (χ2v) is 9.47. The molecule has 3 rings (SSSR count). The Balaban J connectivity index is 1.86. The molecule has 7 heteroatoms. The molecule has 0 aliphatic rings. The monoisotopic (exact) mass is 456 g/mol. The molecule has 1 atom stereocenters. The minimum absolute atomic E-state index is 0.0446. The van der Waals surface area contributed by atoms with Gasteiger partial charge >= 0.3 is 0 Å². The summed E-state index contributed by atoms with van der Waals surface area (Å²) in [6, 6.07) is 19.1. The van der Waals surface area contributed by atoms with Crippen LogP contribution in [0.2, 0.25) is 5.02 Å². The van der Waals surface area contributed by atoms with Gasteiger partial charge < -0.3 is 5.32 Å². The predicted octanol–water partition coefficient (Wildman–Crippen LogP) is 5.64. The second kappa shape index (κ2) is 9.54. The molecule has 0 aliphatic heterocycles. The van der Waals surface area contributed by atoms with E-state index in [4.69, 9.17) is 11.6 Å². The molecule has 3 aromatic rings. The molecule has 1 amide bonds. The van der Waals surface area contributed by atoms with Crippen LogP contribution in [0.25, 0.3) is 0 Å². The number of nitrogens with one attached hydrogen (secondary N) is 2. The molecule has 0 fully saturated rings. The molecule has 0 aromatic heterocycles. The largest absolute Gasteiger partial charge is 0.345 e. The molecule has 31 heavy (non-hydrogen) atoms. The van der Waals surface area contributed by atoms with Gasteiger partial charge in [0.05, 0.1) is 16.8 Å². The van der Waals surface area contributed by atoms with Crippen LogP contribution in [-0.4, -0.2) is 14.3 Å². The smallest absolute Gasteiger partial charge is 0.263 e. The Labute approximate surface area is 188 Å². The van der Waals surface area contributed by atoms with Crippen LogP contribution >= 0.6 is 11.6 Å². The summed E-state index contributed by atoms with van der Waals surface area (Å²) >= 11 is 6.18. The average molecular weight is 457 g/mol. The number of para-hydroxylation sites is 1. The predicted molar refractivity (Wildman–Crippen MR) is 125 cm³/mol. The van der Waals surface area contributed by atoms with E-state index in [9.17, 15) is 13.2 Å². The van der Waals surface area contributed by atoms with Gasteiger partial charge in [-0.25, -0.2) is 8.42 Å². The maximum Gasteiger partial charge on any atom is 0.263 e. The molecule has 0 aliphatic carbocycles. The molecule has 2 N–H and O–H groups in total. The number of sulfonamides is 1. The van der Waals surface area contributed by atoms with Crippen molar-refractivity contribution in [1.82, 2.24) is 5.32 Å². The summed E-state index contributed by atoms with van der Waals surface area (Å²) in [5.74, 6) is -0.364. The first-order chi connectivity index (χ1) is 14.7. The molecule has 5 nitrogen and oxygen atoms in total. The number of rotatable bonds is 7. The van der Waals surface area contributed by atoms with Gasteiger partial charge in [-0.3, -0.25) is 9.52 Å². The van der Waals surface area contributed by atoms with Crippen molar-refractivity contribution in [3.8, 4) is 0 Å². The number of carbonyl (C=O) groups excluding carboxylic acids is 1. The van der Waals surface area contributed by atoms with Gasteiger partial charge in [-0.1, -0.05) is 66.6 Å². The first-order valence-electron chi connectivity index (χ1n) is 9.96. The first-order valence-corrected chi connectivity index (χ1v) is 11.8. The summed E-state index contributed by atoms with van der Waals surface area (Å²) in [5, 5.41) is 3.02. The van der Waals surface area contributed by atoms with Crippen molar-refractivity contribution >= 4 is 33.2 Å². The summed E-state index contributed by atoms with van der Waals surface area (Å²) in [4.78, 5) is 12.7. The molecule has 0 bridgehead atoms. The number of benzene rings is 3. The number of halogens is 1. The van der Waals surface area contributed by atoms with E-state index < -0.39 is 10.0 Å². The third-order valence-electron chi connectivity index (χ3n) is 5.07. The summed E-state index contributed by atoms with van der Waals surface area (Å²) in [6.07, 6.45) is 0.697. The lowest BCUT2D eigenvalue weighted by Crippen LogP contribution is -2.28. The zero-order valence-corrected chi connectivity index (χ0v) is 19.2. The van der Waals surface area contributed by atoms with Gasteiger partial charge in [-0.2, -0.15) is 0 Å². The first kappa shape index (κ1) is 22.8. The Hall–Kier alpha value is -2.83. The van der Waals surface area contributed by atoms with Crippen LogP contribution in [0.1, 0.15) is 46.4 Å². The van der Waals surface area contributed by atoms with E-state index in [2.05, 4.69) is 10.0 Å². The van der Waals surface area contributed by atoms with Gasteiger partial charge in [-0.15, -0.1) is 0 Å². The van der Waals surface area contributed by atoms with E-state index in [1.54, 1.807) is 25.1 Å². The highest BCUT2D eigenvalue weighted by Crippen LogP contribution is 2.27. The molecular weight excluding hydrogens is 432 g/mol. The fourth-order valence-corrected chi connectivity index (χ4v) is 4.86. The molecule has 0 saturated heterocycles. The van der Waals surface area contributed by atoms with Gasteiger partial charge in [0, 0.05) is 5.56 Å². The summed E-state index contributed by atoms with van der Waals surface area (Å²) in [6.45, 7) is 5.79. The minimum atomic E-state index is -3.98. The Kier molecular flexibility index (Phi) is 7.03. The zero-order valence-electron chi connectivity index (χ0n) is 17.6. The van der Waals surface area contributed by atoms with Crippen molar-refractivity contribution in [2.24, 2.45) is 0 Å². The Morgan fingerprint density at radius 1 is 1.00 bits per heavy atom. The van der Waals surface area contributed by atoms with Crippen LogP contribution in [0.5, 0.6) is 0 Å². The standard InChI is InChI=1S/C24H25ClN2O3S/c1-4-21(18-11-9-16(2)10-12-18)26-24(28)19-13-14-20(25)23(15-19)31(29,30)27-22-8-6-5-7-17(22)3/h5-15,21,27H,4H2,1-3H3,(H,26,28)/t21-/m0/s1. The number of aryl methyl sites for hydroxylation is 2. The molecule has 3 aromatic carbocycles. The highest BCUT2D eigenvalue weighted by molar-refractivity contribution is 7.92. The summed E-state index contributed by atoms with van der Waals surface area (Å²) in [5.41, 5.74) is 3.59. The summed E-state index contributed by atoms with van der Waals surface area (Å²) < 4.78 is 28.5. The molecular formula is C24H25ClN2O3S. The number of anilines is 1. The van der Waals surface area contributed by atoms with Gasteiger partial charge in [0.25, 0.3) is 15.9 Å². The van der Waals surface area contributed by atoms with Crippen LogP contribution < -0.4 is 10.0 Å². The zero-order chi connectivity index (χ0) is 22.6. The van der Waals surface area contributed by atoms with E-state index in [-0.39, 0.29) is 27.4 Å². The lowest BCUT2D eigenvalue weighted by molar-refractivity contribution is 0.0935. The fraction of sp³-hybridized carbons (Fsp3) is 0.208. The third kappa shape index (κ3) is 5.46. The molecule has 0 heterocycles. The molecule has 0 saturated carbocycles. The maximum absolute atomic E-state index is 13.0. The lowest BCUT2D eigenvalue weighted by atomic mass is 10.0. The van der Waals surface area contributed by atoms with E-state index in [0.29, 0.717) is 12.1 Å². The van der Waals surface area contributed by atoms with Gasteiger partial charge in [0.15, 0.2) is 0 Å². The van der Waals surface area contributed by atoms with Gasteiger partial charge in [0.1, 0.15) is 4.90 Å². The highest BCUT2D eigenvalue weighted by Gasteiger charge is 2.22. The Bertz CT molecular complexity index is 1190. The molecule has 0 unspecified atom stereocenters. The van der Waals surface area contributed by atoms with Gasteiger partial charge in [0.2, 0.25) is 0 Å². The normalized spacial score (nSPS) is 12.3. The van der Waals surface area contributed by atoms with Crippen LogP contribution in [0.15, 0.2) is 71.6 Å². The van der Waals surface area contributed by atoms with Crippen LogP contribution in [-0.2, 0) is 10.0 Å². The van der Waals surface area contributed by atoms with Crippen molar-refractivity contribution < 1.29 is 13.2 Å².